The number of pyridine rings is 1. The molecule has 2 saturated heterocycles. The van der Waals surface area contributed by atoms with Crippen LogP contribution in [-0.2, 0) is 11.2 Å². The van der Waals surface area contributed by atoms with Gasteiger partial charge in [0.15, 0.2) is 5.82 Å². The topological polar surface area (TPSA) is 65.5 Å². The molecular formula is C22H30N6O. The third kappa shape index (κ3) is 4.24. The molecule has 2 aliphatic heterocycles. The molecule has 0 radical (unpaired) electrons. The van der Waals surface area contributed by atoms with E-state index in [2.05, 4.69) is 50.0 Å². The van der Waals surface area contributed by atoms with Gasteiger partial charge in [-0.2, -0.15) is 5.10 Å². The Bertz CT molecular complexity index is 840. The highest BCUT2D eigenvalue weighted by atomic mass is 16.2. The van der Waals surface area contributed by atoms with E-state index in [9.17, 15) is 4.79 Å². The van der Waals surface area contributed by atoms with Crippen molar-refractivity contribution in [3.05, 3.63) is 47.9 Å². The standard InChI is InChI=1S/C22H30N6O/c1-17-6-8-20(25-24-17)27-12-19-13-28(16-22(19,15-27)14-26(2)3)21(29)9-7-18-5-4-10-23-11-18/h4-6,8,10-11,19H,7,9,12-16H2,1-3H3. The zero-order chi connectivity index (χ0) is 20.4. The van der Waals surface area contributed by atoms with Crippen LogP contribution in [0.3, 0.4) is 0 Å². The fourth-order valence-corrected chi connectivity index (χ4v) is 4.91. The number of carbonyl (C=O) groups is 1. The van der Waals surface area contributed by atoms with Gasteiger partial charge in [-0.25, -0.2) is 0 Å². The first-order valence-electron chi connectivity index (χ1n) is 10.3. The van der Waals surface area contributed by atoms with Gasteiger partial charge in [-0.05, 0) is 51.2 Å². The molecule has 2 fully saturated rings. The van der Waals surface area contributed by atoms with Gasteiger partial charge in [0.25, 0.3) is 0 Å². The van der Waals surface area contributed by atoms with E-state index in [1.54, 1.807) is 6.20 Å². The van der Waals surface area contributed by atoms with Crippen molar-refractivity contribution < 1.29 is 4.79 Å². The van der Waals surface area contributed by atoms with E-state index in [1.165, 1.54) is 0 Å². The van der Waals surface area contributed by atoms with Crippen LogP contribution in [0.2, 0.25) is 0 Å². The fraction of sp³-hybridized carbons (Fsp3) is 0.545. The molecule has 0 N–H and O–H groups in total. The molecule has 1 amide bonds. The summed E-state index contributed by atoms with van der Waals surface area (Å²) in [5, 5.41) is 8.62. The first-order chi connectivity index (χ1) is 13.9. The molecule has 2 aliphatic rings. The molecule has 29 heavy (non-hydrogen) atoms. The Kier molecular flexibility index (Phi) is 5.50. The molecule has 0 saturated carbocycles. The minimum Gasteiger partial charge on any atom is -0.354 e. The van der Waals surface area contributed by atoms with Gasteiger partial charge in [-0.15, -0.1) is 5.10 Å². The summed E-state index contributed by atoms with van der Waals surface area (Å²) in [6, 6.07) is 8.04. The molecule has 7 heteroatoms. The second kappa shape index (κ2) is 8.06. The molecule has 7 nitrogen and oxygen atoms in total. The molecule has 2 aromatic heterocycles. The van der Waals surface area contributed by atoms with Gasteiger partial charge in [-0.3, -0.25) is 9.78 Å². The Balaban J connectivity index is 1.44. The Labute approximate surface area is 172 Å². The number of amides is 1. The summed E-state index contributed by atoms with van der Waals surface area (Å²) in [7, 11) is 4.24. The molecular weight excluding hydrogens is 364 g/mol. The van der Waals surface area contributed by atoms with Gasteiger partial charge < -0.3 is 14.7 Å². The molecule has 2 aromatic rings. The van der Waals surface area contributed by atoms with Crippen molar-refractivity contribution >= 4 is 11.7 Å². The van der Waals surface area contributed by atoms with Gasteiger partial charge in [0.2, 0.25) is 5.91 Å². The highest BCUT2D eigenvalue weighted by Gasteiger charge is 2.53. The summed E-state index contributed by atoms with van der Waals surface area (Å²) in [5.41, 5.74) is 2.13. The van der Waals surface area contributed by atoms with Crippen LogP contribution < -0.4 is 4.90 Å². The van der Waals surface area contributed by atoms with Crippen LogP contribution in [0, 0.1) is 18.3 Å². The normalized spacial score (nSPS) is 23.7. The van der Waals surface area contributed by atoms with Gasteiger partial charge >= 0.3 is 0 Å². The molecule has 2 atom stereocenters. The SMILES string of the molecule is Cc1ccc(N2CC3CN(C(=O)CCc4cccnc4)CC3(CN(C)C)C2)nn1. The second-order valence-corrected chi connectivity index (χ2v) is 8.85. The molecule has 0 bridgehead atoms. The van der Waals surface area contributed by atoms with Crippen LogP contribution >= 0.6 is 0 Å². The van der Waals surface area contributed by atoms with Crippen LogP contribution in [-0.4, -0.2) is 77.7 Å². The van der Waals surface area contributed by atoms with Crippen molar-refractivity contribution in [1.29, 1.82) is 0 Å². The largest absolute Gasteiger partial charge is 0.354 e. The lowest BCUT2D eigenvalue weighted by Crippen LogP contribution is -2.43. The van der Waals surface area contributed by atoms with Crippen molar-refractivity contribution in [3.8, 4) is 0 Å². The average Bonchev–Trinajstić information content (AvgIpc) is 3.20. The van der Waals surface area contributed by atoms with Gasteiger partial charge in [-0.1, -0.05) is 6.07 Å². The summed E-state index contributed by atoms with van der Waals surface area (Å²) in [6.07, 6.45) is 4.91. The van der Waals surface area contributed by atoms with Gasteiger partial charge in [0, 0.05) is 62.9 Å². The van der Waals surface area contributed by atoms with Gasteiger partial charge in [0.1, 0.15) is 0 Å². The van der Waals surface area contributed by atoms with Crippen LogP contribution in [0.5, 0.6) is 0 Å². The van der Waals surface area contributed by atoms with Crippen molar-refractivity contribution in [1.82, 2.24) is 25.0 Å². The lowest BCUT2D eigenvalue weighted by molar-refractivity contribution is -0.130. The lowest BCUT2D eigenvalue weighted by Gasteiger charge is -2.32. The molecule has 2 unspecified atom stereocenters. The predicted molar refractivity (Wildman–Crippen MR) is 113 cm³/mol. The molecule has 154 valence electrons. The average molecular weight is 395 g/mol. The number of aromatic nitrogens is 3. The zero-order valence-electron chi connectivity index (χ0n) is 17.6. The number of nitrogens with zero attached hydrogens (tertiary/aromatic N) is 6. The van der Waals surface area contributed by atoms with E-state index in [4.69, 9.17) is 0 Å². The number of hydrogen-bond acceptors (Lipinski definition) is 6. The Hall–Kier alpha value is -2.54. The fourth-order valence-electron chi connectivity index (χ4n) is 4.91. The first kappa shape index (κ1) is 19.8. The molecule has 4 rings (SSSR count). The maximum atomic E-state index is 12.9. The maximum absolute atomic E-state index is 12.9. The predicted octanol–water partition coefficient (Wildman–Crippen LogP) is 1.64. The van der Waals surface area contributed by atoms with Crippen molar-refractivity contribution in [2.24, 2.45) is 11.3 Å². The Morgan fingerprint density at radius 1 is 1.21 bits per heavy atom. The minimum atomic E-state index is 0.0834. The number of anilines is 1. The van der Waals surface area contributed by atoms with Crippen molar-refractivity contribution in [3.63, 3.8) is 0 Å². The number of rotatable bonds is 6. The van der Waals surface area contributed by atoms with Crippen LogP contribution in [0.4, 0.5) is 5.82 Å². The van der Waals surface area contributed by atoms with Crippen LogP contribution in [0.1, 0.15) is 17.7 Å². The first-order valence-corrected chi connectivity index (χ1v) is 10.3. The number of hydrogen-bond donors (Lipinski definition) is 0. The summed E-state index contributed by atoms with van der Waals surface area (Å²) < 4.78 is 0. The maximum Gasteiger partial charge on any atom is 0.222 e. The van der Waals surface area contributed by atoms with E-state index < -0.39 is 0 Å². The summed E-state index contributed by atoms with van der Waals surface area (Å²) in [4.78, 5) is 23.8. The minimum absolute atomic E-state index is 0.0834. The lowest BCUT2D eigenvalue weighted by atomic mass is 9.80. The summed E-state index contributed by atoms with van der Waals surface area (Å²) in [5.74, 6) is 1.65. The van der Waals surface area contributed by atoms with E-state index >= 15 is 0 Å². The molecule has 4 heterocycles. The zero-order valence-corrected chi connectivity index (χ0v) is 17.6. The monoisotopic (exact) mass is 394 g/mol. The van der Waals surface area contributed by atoms with Gasteiger partial charge in [0.05, 0.1) is 5.69 Å². The smallest absolute Gasteiger partial charge is 0.222 e. The van der Waals surface area contributed by atoms with E-state index in [1.807, 2.05) is 31.3 Å². The van der Waals surface area contributed by atoms with E-state index in [0.717, 1.165) is 56.2 Å². The highest BCUT2D eigenvalue weighted by molar-refractivity contribution is 5.77. The third-order valence-electron chi connectivity index (χ3n) is 6.20. The molecule has 0 aliphatic carbocycles. The van der Waals surface area contributed by atoms with E-state index in [-0.39, 0.29) is 11.3 Å². The number of aryl methyl sites for hydroxylation is 2. The quantitative estimate of drug-likeness (QED) is 0.742. The number of fused-ring (bicyclic) bond motifs is 1. The van der Waals surface area contributed by atoms with Crippen molar-refractivity contribution in [2.45, 2.75) is 19.8 Å². The van der Waals surface area contributed by atoms with Crippen LogP contribution in [0.25, 0.3) is 0 Å². The Morgan fingerprint density at radius 3 is 2.76 bits per heavy atom. The van der Waals surface area contributed by atoms with E-state index in [0.29, 0.717) is 12.3 Å². The van der Waals surface area contributed by atoms with Crippen molar-refractivity contribution in [2.75, 3.05) is 51.7 Å². The van der Waals surface area contributed by atoms with Crippen LogP contribution in [0.15, 0.2) is 36.7 Å². The second-order valence-electron chi connectivity index (χ2n) is 8.85. The third-order valence-corrected chi connectivity index (χ3v) is 6.20. The Morgan fingerprint density at radius 2 is 2.07 bits per heavy atom. The molecule has 0 aromatic carbocycles. The summed E-state index contributed by atoms with van der Waals surface area (Å²) >= 11 is 0. The summed E-state index contributed by atoms with van der Waals surface area (Å²) in [6.45, 7) is 6.42. The number of likely N-dealkylation sites (tertiary alicyclic amines) is 1. The molecule has 0 spiro atoms. The highest BCUT2D eigenvalue weighted by Crippen LogP contribution is 2.44. The number of carbonyl (C=O) groups excluding carboxylic acids is 1.